The van der Waals surface area contributed by atoms with Crippen LogP contribution in [0.3, 0.4) is 0 Å². The first-order valence-electron chi connectivity index (χ1n) is 10.9. The first-order chi connectivity index (χ1) is 17.3. The van der Waals surface area contributed by atoms with Crippen molar-refractivity contribution in [1.29, 1.82) is 0 Å². The van der Waals surface area contributed by atoms with E-state index in [-0.39, 0.29) is 17.0 Å². The number of carbonyl (C=O) groups excluding carboxylic acids is 2. The molecule has 0 saturated carbocycles. The van der Waals surface area contributed by atoms with Crippen LogP contribution in [0, 0.1) is 13.8 Å². The molecule has 5 rings (SSSR count). The molecule has 10 nitrogen and oxygen atoms in total. The Morgan fingerprint density at radius 1 is 1.03 bits per heavy atom. The average molecular weight is 522 g/mol. The second-order valence-corrected chi connectivity index (χ2v) is 9.60. The van der Waals surface area contributed by atoms with Crippen LogP contribution in [0.1, 0.15) is 42.8 Å². The molecule has 0 saturated heterocycles. The molecule has 182 valence electrons. The average Bonchev–Trinajstić information content (AvgIpc) is 3.42. The Bertz CT molecular complexity index is 1480. The van der Waals surface area contributed by atoms with Gasteiger partial charge in [-0.05, 0) is 26.0 Å². The molecule has 1 aliphatic rings. The van der Waals surface area contributed by atoms with Crippen molar-refractivity contribution >= 4 is 39.9 Å². The van der Waals surface area contributed by atoms with Crippen molar-refractivity contribution in [3.8, 4) is 16.9 Å². The molecule has 1 N–H and O–H groups in total. The van der Waals surface area contributed by atoms with Crippen LogP contribution >= 0.6 is 22.9 Å². The van der Waals surface area contributed by atoms with Crippen LogP contribution in [0.25, 0.3) is 11.1 Å². The van der Waals surface area contributed by atoms with Gasteiger partial charge in [-0.3, -0.25) is 24.9 Å². The largest absolute Gasteiger partial charge is 0.494 e. The monoisotopic (exact) mass is 521 g/mol. The van der Waals surface area contributed by atoms with Crippen LogP contribution in [0.2, 0.25) is 5.15 Å². The molecule has 0 spiro atoms. The van der Waals surface area contributed by atoms with Gasteiger partial charge in [0.25, 0.3) is 11.8 Å². The first-order valence-corrected chi connectivity index (χ1v) is 12.1. The van der Waals surface area contributed by atoms with E-state index < -0.39 is 0 Å². The number of nitrogens with zero attached hydrogens (tertiary/aromatic N) is 6. The third-order valence-electron chi connectivity index (χ3n) is 5.56. The number of amides is 2. The molecule has 2 amide bonds. The van der Waals surface area contributed by atoms with E-state index in [4.69, 9.17) is 16.3 Å². The minimum atomic E-state index is -0.372. The molecule has 12 heteroatoms. The topological polar surface area (TPSA) is 123 Å². The van der Waals surface area contributed by atoms with Gasteiger partial charge >= 0.3 is 0 Å². The van der Waals surface area contributed by atoms with Crippen LogP contribution in [0.5, 0.6) is 5.75 Å². The van der Waals surface area contributed by atoms with Gasteiger partial charge in [-0.1, -0.05) is 22.9 Å². The van der Waals surface area contributed by atoms with Gasteiger partial charge in [0.2, 0.25) is 0 Å². The molecule has 1 aliphatic heterocycles. The summed E-state index contributed by atoms with van der Waals surface area (Å²) in [4.78, 5) is 49.8. The third kappa shape index (κ3) is 4.62. The van der Waals surface area contributed by atoms with Gasteiger partial charge in [0.15, 0.2) is 5.13 Å². The number of pyridine rings is 2. The summed E-state index contributed by atoms with van der Waals surface area (Å²) in [5, 5.41) is 3.59. The van der Waals surface area contributed by atoms with E-state index in [9.17, 15) is 9.59 Å². The minimum absolute atomic E-state index is 0.206. The number of nitrogens with one attached hydrogen (secondary N) is 1. The normalized spacial score (nSPS) is 12.4. The van der Waals surface area contributed by atoms with Crippen LogP contribution in [0.15, 0.2) is 36.9 Å². The molecule has 4 aromatic rings. The summed E-state index contributed by atoms with van der Waals surface area (Å²) in [6.45, 7) is 4.35. The number of thiazole rings is 1. The van der Waals surface area contributed by atoms with E-state index >= 15 is 0 Å². The van der Waals surface area contributed by atoms with E-state index in [1.807, 2.05) is 6.92 Å². The van der Waals surface area contributed by atoms with Crippen molar-refractivity contribution in [2.75, 3.05) is 12.4 Å². The predicted molar refractivity (Wildman–Crippen MR) is 134 cm³/mol. The molecule has 0 atom stereocenters. The smallest absolute Gasteiger partial charge is 0.274 e. The lowest BCUT2D eigenvalue weighted by Gasteiger charge is -2.15. The molecule has 0 aliphatic carbocycles. The number of anilines is 1. The van der Waals surface area contributed by atoms with E-state index in [1.54, 1.807) is 30.2 Å². The van der Waals surface area contributed by atoms with E-state index in [0.717, 1.165) is 16.3 Å². The van der Waals surface area contributed by atoms with Gasteiger partial charge in [-0.15, -0.1) is 0 Å². The fraction of sp³-hybridized carbons (Fsp3) is 0.208. The number of methoxy groups -OCH3 is 1. The Morgan fingerprint density at radius 3 is 2.61 bits per heavy atom. The van der Waals surface area contributed by atoms with Crippen LogP contribution in [-0.2, 0) is 13.1 Å². The minimum Gasteiger partial charge on any atom is -0.494 e. The lowest BCUT2D eigenvalue weighted by molar-refractivity contribution is 0.0744. The second-order valence-electron chi connectivity index (χ2n) is 8.13. The Kier molecular flexibility index (Phi) is 6.33. The van der Waals surface area contributed by atoms with Gasteiger partial charge in [0.1, 0.15) is 16.6 Å². The van der Waals surface area contributed by atoms with Gasteiger partial charge in [-0.25, -0.2) is 15.0 Å². The summed E-state index contributed by atoms with van der Waals surface area (Å²) < 4.78 is 5.43. The van der Waals surface area contributed by atoms with Crippen molar-refractivity contribution < 1.29 is 14.3 Å². The number of aromatic nitrogens is 5. The molecular weight excluding hydrogens is 502 g/mol. The zero-order chi connectivity index (χ0) is 25.4. The zero-order valence-corrected chi connectivity index (χ0v) is 21.1. The van der Waals surface area contributed by atoms with E-state index in [0.29, 0.717) is 52.0 Å². The molecule has 5 heterocycles. The Balaban J connectivity index is 1.36. The highest BCUT2D eigenvalue weighted by Gasteiger charge is 2.29. The summed E-state index contributed by atoms with van der Waals surface area (Å²) in [6.07, 6.45) is 6.08. The molecule has 0 unspecified atom stereocenters. The van der Waals surface area contributed by atoms with Crippen molar-refractivity contribution in [1.82, 2.24) is 29.8 Å². The van der Waals surface area contributed by atoms with Crippen LogP contribution in [0.4, 0.5) is 5.13 Å². The maximum atomic E-state index is 13.3. The summed E-state index contributed by atoms with van der Waals surface area (Å²) in [6, 6.07) is 3.44. The quantitative estimate of drug-likeness (QED) is 0.390. The Labute approximate surface area is 215 Å². The van der Waals surface area contributed by atoms with Gasteiger partial charge in [0, 0.05) is 29.2 Å². The lowest BCUT2D eigenvalue weighted by atomic mass is 10.0. The number of hydrogen-bond donors (Lipinski definition) is 1. The summed E-state index contributed by atoms with van der Waals surface area (Å²) in [5.41, 5.74) is 4.03. The van der Waals surface area contributed by atoms with Gasteiger partial charge in [0.05, 0.1) is 54.4 Å². The number of hydrogen-bond acceptors (Lipinski definition) is 9. The number of fused-ring (bicyclic) bond motifs is 1. The third-order valence-corrected chi connectivity index (χ3v) is 6.77. The number of halogens is 1. The molecule has 0 radical (unpaired) electrons. The molecule has 36 heavy (non-hydrogen) atoms. The summed E-state index contributed by atoms with van der Waals surface area (Å²) in [5.74, 6) is -0.0967. The van der Waals surface area contributed by atoms with Crippen LogP contribution < -0.4 is 10.1 Å². The van der Waals surface area contributed by atoms with Crippen LogP contribution in [-0.4, -0.2) is 48.7 Å². The maximum Gasteiger partial charge on any atom is 0.274 e. The predicted octanol–water partition coefficient (Wildman–Crippen LogP) is 4.08. The van der Waals surface area contributed by atoms with Crippen molar-refractivity contribution in [2.45, 2.75) is 26.9 Å². The Morgan fingerprint density at radius 2 is 1.86 bits per heavy atom. The maximum absolute atomic E-state index is 13.3. The molecular formula is C24H20ClN7O3S. The number of aryl methyl sites for hydroxylation is 2. The first kappa shape index (κ1) is 23.8. The van der Waals surface area contributed by atoms with E-state index in [2.05, 4.69) is 30.2 Å². The standard InChI is InChI=1S/C24H20ClN7O3S/c1-12-4-14(15-5-21(25)28-9-19(15)35-3)16(7-27-12)22(33)31-24-30-18-10-32(11-20(18)36-24)23(34)17-8-26-6-13(2)29-17/h4-9H,10-11H2,1-3H3,(H,30,31,33). The lowest BCUT2D eigenvalue weighted by Crippen LogP contribution is -2.26. The highest BCUT2D eigenvalue weighted by molar-refractivity contribution is 7.16. The van der Waals surface area contributed by atoms with Gasteiger partial charge < -0.3 is 9.64 Å². The van der Waals surface area contributed by atoms with Gasteiger partial charge in [-0.2, -0.15) is 0 Å². The number of carbonyl (C=O) groups is 2. The van der Waals surface area contributed by atoms with Crippen molar-refractivity contribution in [3.05, 3.63) is 75.3 Å². The SMILES string of the molecule is COc1cnc(Cl)cc1-c1cc(C)ncc1C(=O)Nc1nc2c(s1)CN(C(=O)c1cncc(C)n1)C2. The number of rotatable bonds is 5. The second kappa shape index (κ2) is 9.59. The van der Waals surface area contributed by atoms with Crippen molar-refractivity contribution in [2.24, 2.45) is 0 Å². The molecule has 4 aromatic heterocycles. The number of ether oxygens (including phenoxy) is 1. The molecule has 0 aromatic carbocycles. The molecule has 0 bridgehead atoms. The fourth-order valence-electron chi connectivity index (χ4n) is 3.88. The van der Waals surface area contributed by atoms with E-state index in [1.165, 1.54) is 37.0 Å². The highest BCUT2D eigenvalue weighted by atomic mass is 35.5. The fourth-order valence-corrected chi connectivity index (χ4v) is 5.02. The zero-order valence-electron chi connectivity index (χ0n) is 19.6. The van der Waals surface area contributed by atoms with Crippen molar-refractivity contribution in [3.63, 3.8) is 0 Å². The summed E-state index contributed by atoms with van der Waals surface area (Å²) >= 11 is 7.45. The Hall–Kier alpha value is -3.96. The molecule has 0 fully saturated rings. The highest BCUT2D eigenvalue weighted by Crippen LogP contribution is 2.35. The summed E-state index contributed by atoms with van der Waals surface area (Å²) in [7, 11) is 1.53.